The molecule has 0 radical (unpaired) electrons. The molecular formula is C20H26N2O3. The van der Waals surface area contributed by atoms with Gasteiger partial charge in [0.25, 0.3) is 0 Å². The van der Waals surface area contributed by atoms with Crippen molar-refractivity contribution in [3.05, 3.63) is 54.2 Å². The van der Waals surface area contributed by atoms with Crippen LogP contribution in [0.15, 0.2) is 48.7 Å². The van der Waals surface area contributed by atoms with Gasteiger partial charge in [-0.25, -0.2) is 4.98 Å². The molecule has 2 rings (SSSR count). The molecule has 25 heavy (non-hydrogen) atoms. The molecule has 2 aromatic rings. The van der Waals surface area contributed by atoms with E-state index >= 15 is 0 Å². The Labute approximate surface area is 149 Å². The van der Waals surface area contributed by atoms with Crippen LogP contribution in [0.25, 0.3) is 0 Å². The molecule has 0 saturated carbocycles. The number of carbonyl (C=O) groups is 1. The van der Waals surface area contributed by atoms with E-state index < -0.39 is 5.97 Å². The minimum atomic E-state index is -0.728. The summed E-state index contributed by atoms with van der Waals surface area (Å²) >= 11 is 0. The van der Waals surface area contributed by atoms with Crippen molar-refractivity contribution < 1.29 is 14.6 Å². The largest absolute Gasteiger partial charge is 0.494 e. The zero-order valence-electron chi connectivity index (χ0n) is 14.6. The maximum Gasteiger partial charge on any atom is 0.303 e. The van der Waals surface area contributed by atoms with E-state index in [2.05, 4.69) is 22.4 Å². The average molecular weight is 342 g/mol. The molecule has 0 aliphatic heterocycles. The number of hydrogen-bond donors (Lipinski definition) is 2. The summed E-state index contributed by atoms with van der Waals surface area (Å²) in [5.74, 6) is 1.21. The number of aryl methyl sites for hydroxylation is 1. The molecule has 5 nitrogen and oxygen atoms in total. The quantitative estimate of drug-likeness (QED) is 0.604. The second-order valence-corrected chi connectivity index (χ2v) is 6.23. The lowest BCUT2D eigenvalue weighted by molar-refractivity contribution is -0.138. The normalized spacial score (nSPS) is 11.7. The number of ether oxygens (including phenoxy) is 1. The first-order valence-corrected chi connectivity index (χ1v) is 8.72. The number of pyridine rings is 1. The summed E-state index contributed by atoms with van der Waals surface area (Å²) in [6.45, 7) is 3.44. The Balaban J connectivity index is 1.62. The van der Waals surface area contributed by atoms with Crippen molar-refractivity contribution in [3.8, 4) is 5.75 Å². The standard InChI is InChI=1S/C20H26N2O3/c1-16(15-20(23)24)6-7-17-8-10-18(11-9-17)25-14-4-13-22-19-5-2-3-12-21-19/h2-3,5,8-12,16H,4,6-7,13-15H2,1H3,(H,21,22)(H,23,24). The van der Waals surface area contributed by atoms with Gasteiger partial charge in [0.15, 0.2) is 0 Å². The van der Waals surface area contributed by atoms with E-state index in [0.29, 0.717) is 6.61 Å². The molecule has 134 valence electrons. The summed E-state index contributed by atoms with van der Waals surface area (Å²) in [6, 6.07) is 13.8. The first kappa shape index (κ1) is 18.8. The predicted octanol–water partition coefficient (Wildman–Crippen LogP) is 4.01. The number of nitrogens with zero attached hydrogens (tertiary/aromatic N) is 1. The summed E-state index contributed by atoms with van der Waals surface area (Å²) in [7, 11) is 0. The van der Waals surface area contributed by atoms with Gasteiger partial charge in [-0.15, -0.1) is 0 Å². The second kappa shape index (κ2) is 10.3. The molecule has 0 spiro atoms. The zero-order valence-corrected chi connectivity index (χ0v) is 14.6. The smallest absolute Gasteiger partial charge is 0.303 e. The molecule has 0 saturated heterocycles. The van der Waals surface area contributed by atoms with Gasteiger partial charge < -0.3 is 15.2 Å². The van der Waals surface area contributed by atoms with Gasteiger partial charge in [0.05, 0.1) is 6.61 Å². The highest BCUT2D eigenvalue weighted by molar-refractivity contribution is 5.66. The Bertz CT molecular complexity index is 629. The first-order valence-electron chi connectivity index (χ1n) is 8.72. The average Bonchev–Trinajstić information content (AvgIpc) is 2.61. The Morgan fingerprint density at radius 1 is 1.24 bits per heavy atom. The zero-order chi connectivity index (χ0) is 17.9. The molecule has 0 aliphatic carbocycles. The first-order chi connectivity index (χ1) is 12.1. The molecule has 1 atom stereocenters. The highest BCUT2D eigenvalue weighted by Gasteiger charge is 2.07. The molecule has 1 unspecified atom stereocenters. The van der Waals surface area contributed by atoms with Crippen LogP contribution < -0.4 is 10.1 Å². The van der Waals surface area contributed by atoms with E-state index in [1.165, 1.54) is 5.56 Å². The molecule has 0 amide bonds. The summed E-state index contributed by atoms with van der Waals surface area (Å²) < 4.78 is 5.74. The maximum absolute atomic E-state index is 10.7. The van der Waals surface area contributed by atoms with Gasteiger partial charge in [-0.2, -0.15) is 0 Å². The summed E-state index contributed by atoms with van der Waals surface area (Å²) in [6.07, 6.45) is 4.66. The van der Waals surface area contributed by atoms with Gasteiger partial charge in [-0.1, -0.05) is 25.1 Å². The molecule has 0 aliphatic rings. The minimum Gasteiger partial charge on any atom is -0.494 e. The van der Waals surface area contributed by atoms with Crippen molar-refractivity contribution in [3.63, 3.8) is 0 Å². The van der Waals surface area contributed by atoms with Gasteiger partial charge in [-0.3, -0.25) is 4.79 Å². The number of aliphatic carboxylic acids is 1. The van der Waals surface area contributed by atoms with E-state index in [4.69, 9.17) is 9.84 Å². The van der Waals surface area contributed by atoms with Crippen LogP contribution in [-0.2, 0) is 11.2 Å². The Morgan fingerprint density at radius 2 is 2.04 bits per heavy atom. The molecular weight excluding hydrogens is 316 g/mol. The number of anilines is 1. The Kier molecular flexibility index (Phi) is 7.76. The maximum atomic E-state index is 10.7. The second-order valence-electron chi connectivity index (χ2n) is 6.23. The Hall–Kier alpha value is -2.56. The molecule has 2 N–H and O–H groups in total. The van der Waals surface area contributed by atoms with Gasteiger partial charge in [-0.05, 0) is 55.0 Å². The molecule has 1 aromatic carbocycles. The monoisotopic (exact) mass is 342 g/mol. The summed E-state index contributed by atoms with van der Waals surface area (Å²) in [5, 5.41) is 12.0. The van der Waals surface area contributed by atoms with Gasteiger partial charge in [0, 0.05) is 19.2 Å². The molecule has 1 aromatic heterocycles. The Morgan fingerprint density at radius 3 is 2.72 bits per heavy atom. The predicted molar refractivity (Wildman–Crippen MR) is 99.0 cm³/mol. The van der Waals surface area contributed by atoms with Gasteiger partial charge in [0.2, 0.25) is 0 Å². The lowest BCUT2D eigenvalue weighted by Gasteiger charge is -2.10. The van der Waals surface area contributed by atoms with E-state index in [-0.39, 0.29) is 12.3 Å². The lowest BCUT2D eigenvalue weighted by atomic mass is 9.98. The van der Waals surface area contributed by atoms with Crippen molar-refractivity contribution in [2.75, 3.05) is 18.5 Å². The number of carboxylic acid groups (broad SMARTS) is 1. The van der Waals surface area contributed by atoms with Gasteiger partial charge in [0.1, 0.15) is 11.6 Å². The fraction of sp³-hybridized carbons (Fsp3) is 0.400. The van der Waals surface area contributed by atoms with Crippen molar-refractivity contribution in [1.82, 2.24) is 4.98 Å². The fourth-order valence-corrected chi connectivity index (χ4v) is 2.51. The van der Waals surface area contributed by atoms with Crippen molar-refractivity contribution >= 4 is 11.8 Å². The third-order valence-electron chi connectivity index (χ3n) is 3.93. The molecule has 0 bridgehead atoms. The van der Waals surface area contributed by atoms with E-state index in [1.807, 2.05) is 37.3 Å². The number of hydrogen-bond acceptors (Lipinski definition) is 4. The van der Waals surface area contributed by atoms with Crippen LogP contribution in [0.3, 0.4) is 0 Å². The van der Waals surface area contributed by atoms with Crippen molar-refractivity contribution in [2.24, 2.45) is 5.92 Å². The van der Waals surface area contributed by atoms with Crippen molar-refractivity contribution in [2.45, 2.75) is 32.6 Å². The van der Waals surface area contributed by atoms with Crippen LogP contribution in [0.1, 0.15) is 31.7 Å². The topological polar surface area (TPSA) is 71.5 Å². The molecule has 1 heterocycles. The van der Waals surface area contributed by atoms with Crippen LogP contribution in [-0.4, -0.2) is 29.2 Å². The van der Waals surface area contributed by atoms with Crippen LogP contribution in [0.4, 0.5) is 5.82 Å². The van der Waals surface area contributed by atoms with Crippen LogP contribution in [0.5, 0.6) is 5.75 Å². The highest BCUT2D eigenvalue weighted by Crippen LogP contribution is 2.16. The number of nitrogens with one attached hydrogen (secondary N) is 1. The van der Waals surface area contributed by atoms with E-state index in [1.54, 1.807) is 6.20 Å². The van der Waals surface area contributed by atoms with Gasteiger partial charge >= 0.3 is 5.97 Å². The number of rotatable bonds is 11. The summed E-state index contributed by atoms with van der Waals surface area (Å²) in [5.41, 5.74) is 1.21. The molecule has 5 heteroatoms. The number of carboxylic acids is 1. The SMILES string of the molecule is CC(CCc1ccc(OCCCNc2ccccn2)cc1)CC(=O)O. The van der Waals surface area contributed by atoms with E-state index in [0.717, 1.165) is 37.4 Å². The van der Waals surface area contributed by atoms with Crippen molar-refractivity contribution in [1.29, 1.82) is 0 Å². The third-order valence-corrected chi connectivity index (χ3v) is 3.93. The minimum absolute atomic E-state index is 0.194. The fourth-order valence-electron chi connectivity index (χ4n) is 2.51. The number of benzene rings is 1. The summed E-state index contributed by atoms with van der Waals surface area (Å²) in [4.78, 5) is 14.9. The van der Waals surface area contributed by atoms with E-state index in [9.17, 15) is 4.79 Å². The highest BCUT2D eigenvalue weighted by atomic mass is 16.5. The van der Waals surface area contributed by atoms with Crippen LogP contribution >= 0.6 is 0 Å². The van der Waals surface area contributed by atoms with Crippen LogP contribution in [0, 0.1) is 5.92 Å². The molecule has 0 fully saturated rings. The third kappa shape index (κ3) is 7.70. The van der Waals surface area contributed by atoms with Crippen LogP contribution in [0.2, 0.25) is 0 Å². The lowest BCUT2D eigenvalue weighted by Crippen LogP contribution is -2.08. The number of aromatic nitrogens is 1.